The first-order valence-corrected chi connectivity index (χ1v) is 7.06. The number of nitrogens with zero attached hydrogens (tertiary/aromatic N) is 1. The molecule has 0 saturated heterocycles. The second-order valence-corrected chi connectivity index (χ2v) is 5.01. The van der Waals surface area contributed by atoms with Crippen molar-refractivity contribution in [3.8, 4) is 5.75 Å². The van der Waals surface area contributed by atoms with Gasteiger partial charge in [-0.3, -0.25) is 4.98 Å². The van der Waals surface area contributed by atoms with Gasteiger partial charge in [-0.25, -0.2) is 0 Å². The molecule has 1 unspecified atom stereocenters. The summed E-state index contributed by atoms with van der Waals surface area (Å²) in [5.74, 6) is 0.897. The van der Waals surface area contributed by atoms with Crippen molar-refractivity contribution >= 4 is 15.9 Å². The van der Waals surface area contributed by atoms with E-state index in [1.54, 1.807) is 0 Å². The van der Waals surface area contributed by atoms with Crippen LogP contribution in [0.5, 0.6) is 5.75 Å². The van der Waals surface area contributed by atoms with Crippen LogP contribution >= 0.6 is 15.9 Å². The van der Waals surface area contributed by atoms with Gasteiger partial charge in [0.2, 0.25) is 0 Å². The average Bonchev–Trinajstić information content (AvgIpc) is 2.44. The van der Waals surface area contributed by atoms with Crippen LogP contribution in [0.3, 0.4) is 0 Å². The fourth-order valence-electron chi connectivity index (χ4n) is 2.03. The maximum atomic E-state index is 5.69. The van der Waals surface area contributed by atoms with Crippen LogP contribution < -0.4 is 10.1 Å². The highest BCUT2D eigenvalue weighted by atomic mass is 79.9. The van der Waals surface area contributed by atoms with Crippen LogP contribution in [-0.4, -0.2) is 18.6 Å². The maximum Gasteiger partial charge on any atom is 0.124 e. The lowest BCUT2D eigenvalue weighted by atomic mass is 10.0. The number of para-hydroxylation sites is 1. The number of ether oxygens (including phenoxy) is 1. The fraction of sp³-hybridized carbons (Fsp3) is 0.267. The molecule has 3 nitrogen and oxygen atoms in total. The third-order valence-electron chi connectivity index (χ3n) is 2.86. The number of rotatable bonds is 5. The highest BCUT2D eigenvalue weighted by Gasteiger charge is 2.17. The lowest BCUT2D eigenvalue weighted by molar-refractivity contribution is 0.334. The molecule has 1 atom stereocenters. The second-order valence-electron chi connectivity index (χ2n) is 4.09. The molecule has 1 aromatic carbocycles. The van der Waals surface area contributed by atoms with Gasteiger partial charge in [0.1, 0.15) is 5.75 Å². The van der Waals surface area contributed by atoms with Crippen molar-refractivity contribution in [2.75, 3.05) is 13.7 Å². The highest BCUT2D eigenvalue weighted by molar-refractivity contribution is 9.10. The highest BCUT2D eigenvalue weighted by Crippen LogP contribution is 2.29. The van der Waals surface area contributed by atoms with Gasteiger partial charge in [-0.15, -0.1) is 0 Å². The summed E-state index contributed by atoms with van der Waals surface area (Å²) in [5.41, 5.74) is 2.07. The predicted molar refractivity (Wildman–Crippen MR) is 80.5 cm³/mol. The molecular weight excluding hydrogens is 304 g/mol. The van der Waals surface area contributed by atoms with Gasteiger partial charge in [0.05, 0.1) is 18.3 Å². The normalized spacial score (nSPS) is 12.2. The number of hydrogen-bond acceptors (Lipinski definition) is 3. The Morgan fingerprint density at radius 3 is 2.68 bits per heavy atom. The van der Waals surface area contributed by atoms with E-state index in [0.717, 1.165) is 21.5 Å². The monoisotopic (exact) mass is 320 g/mol. The molecule has 1 aromatic heterocycles. The zero-order chi connectivity index (χ0) is 13.7. The van der Waals surface area contributed by atoms with Gasteiger partial charge in [-0.1, -0.05) is 18.2 Å². The molecule has 4 heteroatoms. The summed E-state index contributed by atoms with van der Waals surface area (Å²) in [5, 5.41) is 3.30. The summed E-state index contributed by atoms with van der Waals surface area (Å²) >= 11 is 3.40. The topological polar surface area (TPSA) is 34.1 Å². The fourth-order valence-corrected chi connectivity index (χ4v) is 2.26. The van der Waals surface area contributed by atoms with Crippen molar-refractivity contribution in [2.24, 2.45) is 0 Å². The van der Waals surface area contributed by atoms with Crippen LogP contribution in [0.1, 0.15) is 24.2 Å². The quantitative estimate of drug-likeness (QED) is 0.914. The molecule has 0 fully saturated rings. The molecule has 0 aliphatic carbocycles. The molecule has 2 rings (SSSR count). The van der Waals surface area contributed by atoms with Gasteiger partial charge in [-0.2, -0.15) is 0 Å². The molecule has 19 heavy (non-hydrogen) atoms. The van der Waals surface area contributed by atoms with Crippen molar-refractivity contribution in [3.05, 3.63) is 58.3 Å². The number of halogens is 1. The number of hydrogen-bond donors (Lipinski definition) is 1. The van der Waals surface area contributed by atoms with Crippen molar-refractivity contribution in [3.63, 3.8) is 0 Å². The Hall–Kier alpha value is -1.39. The molecule has 1 N–H and O–H groups in total. The molecule has 2 aromatic rings. The zero-order valence-electron chi connectivity index (χ0n) is 11.1. The third-order valence-corrected chi connectivity index (χ3v) is 3.33. The minimum Gasteiger partial charge on any atom is -0.494 e. The van der Waals surface area contributed by atoms with Crippen molar-refractivity contribution < 1.29 is 4.74 Å². The Balaban J connectivity index is 2.39. The van der Waals surface area contributed by atoms with E-state index in [-0.39, 0.29) is 6.04 Å². The number of pyridine rings is 1. The summed E-state index contributed by atoms with van der Waals surface area (Å²) in [4.78, 5) is 4.46. The Kier molecular flexibility index (Phi) is 4.93. The van der Waals surface area contributed by atoms with E-state index in [4.69, 9.17) is 4.74 Å². The van der Waals surface area contributed by atoms with Gasteiger partial charge in [0, 0.05) is 16.2 Å². The van der Waals surface area contributed by atoms with Gasteiger partial charge in [0.15, 0.2) is 0 Å². The van der Waals surface area contributed by atoms with E-state index in [1.807, 2.05) is 50.5 Å². The molecule has 0 amide bonds. The first-order valence-electron chi connectivity index (χ1n) is 6.26. The van der Waals surface area contributed by atoms with Gasteiger partial charge in [0.25, 0.3) is 0 Å². The third kappa shape index (κ3) is 3.33. The van der Waals surface area contributed by atoms with Gasteiger partial charge in [-0.05, 0) is 48.1 Å². The Bertz CT molecular complexity index is 528. The largest absolute Gasteiger partial charge is 0.494 e. The lowest BCUT2D eigenvalue weighted by Gasteiger charge is -2.19. The number of benzene rings is 1. The molecule has 0 bridgehead atoms. The van der Waals surface area contributed by atoms with E-state index in [0.29, 0.717) is 6.61 Å². The second kappa shape index (κ2) is 6.68. The zero-order valence-corrected chi connectivity index (χ0v) is 12.6. The van der Waals surface area contributed by atoms with E-state index >= 15 is 0 Å². The summed E-state index contributed by atoms with van der Waals surface area (Å²) in [6.07, 6.45) is 1.81. The summed E-state index contributed by atoms with van der Waals surface area (Å²) < 4.78 is 6.66. The van der Waals surface area contributed by atoms with Crippen LogP contribution in [0.15, 0.2) is 47.1 Å². The van der Waals surface area contributed by atoms with Crippen LogP contribution in [0.4, 0.5) is 0 Å². The van der Waals surface area contributed by atoms with Gasteiger partial charge >= 0.3 is 0 Å². The van der Waals surface area contributed by atoms with Crippen molar-refractivity contribution in [2.45, 2.75) is 13.0 Å². The molecule has 1 heterocycles. The van der Waals surface area contributed by atoms with E-state index in [1.165, 1.54) is 0 Å². The van der Waals surface area contributed by atoms with Crippen LogP contribution in [0.25, 0.3) is 0 Å². The lowest BCUT2D eigenvalue weighted by Crippen LogP contribution is -2.19. The molecular formula is C15H17BrN2O. The Morgan fingerprint density at radius 1 is 1.26 bits per heavy atom. The maximum absolute atomic E-state index is 5.69. The Labute approximate surface area is 122 Å². The van der Waals surface area contributed by atoms with E-state index in [9.17, 15) is 0 Å². The number of aromatic nitrogens is 1. The van der Waals surface area contributed by atoms with E-state index < -0.39 is 0 Å². The molecule has 0 spiro atoms. The van der Waals surface area contributed by atoms with Crippen LogP contribution in [0.2, 0.25) is 0 Å². The summed E-state index contributed by atoms with van der Waals surface area (Å²) in [7, 11) is 1.93. The van der Waals surface area contributed by atoms with E-state index in [2.05, 4.69) is 32.3 Å². The molecule has 0 saturated carbocycles. The van der Waals surface area contributed by atoms with Gasteiger partial charge < -0.3 is 10.1 Å². The van der Waals surface area contributed by atoms with Crippen molar-refractivity contribution in [1.29, 1.82) is 0 Å². The summed E-state index contributed by atoms with van der Waals surface area (Å²) in [6, 6.07) is 12.1. The molecule has 100 valence electrons. The molecule has 0 aliphatic heterocycles. The minimum absolute atomic E-state index is 0.0239. The standard InChI is InChI=1S/C15H17BrN2O/c1-3-19-14-7-5-4-6-12(14)15(17-2)13-9-8-11(16)10-18-13/h4-10,15,17H,3H2,1-2H3. The number of nitrogens with one attached hydrogen (secondary N) is 1. The first-order chi connectivity index (χ1) is 9.26. The predicted octanol–water partition coefficient (Wildman–Crippen LogP) is 3.55. The van der Waals surface area contributed by atoms with Crippen LogP contribution in [0, 0.1) is 0 Å². The van der Waals surface area contributed by atoms with Crippen LogP contribution in [-0.2, 0) is 0 Å². The molecule has 0 aliphatic rings. The summed E-state index contributed by atoms with van der Waals surface area (Å²) in [6.45, 7) is 2.64. The minimum atomic E-state index is 0.0239. The first kappa shape index (κ1) is 14.0. The Morgan fingerprint density at radius 2 is 2.05 bits per heavy atom. The smallest absolute Gasteiger partial charge is 0.124 e. The molecule has 0 radical (unpaired) electrons. The van der Waals surface area contributed by atoms with Crippen molar-refractivity contribution in [1.82, 2.24) is 10.3 Å². The SMILES string of the molecule is CCOc1ccccc1C(NC)c1ccc(Br)cn1. The average molecular weight is 321 g/mol.